The number of ether oxygens (including phenoxy) is 5. The lowest BCUT2D eigenvalue weighted by molar-refractivity contribution is -0.348. The van der Waals surface area contributed by atoms with Crippen molar-refractivity contribution in [1.82, 2.24) is 10.2 Å². The number of carbonyl (C=O) groups excluding carboxylic acids is 1. The highest BCUT2D eigenvalue weighted by Crippen LogP contribution is 2.38. The number of esters is 1. The van der Waals surface area contributed by atoms with Crippen molar-refractivity contribution >= 4 is 17.9 Å². The molecular weight excluding hydrogens is 696 g/mol. The summed E-state index contributed by atoms with van der Waals surface area (Å²) in [6, 6.07) is 0. The number of guanidine groups is 1. The first-order valence-electron chi connectivity index (χ1n) is 17.9. The first-order chi connectivity index (χ1) is 25.4. The molecule has 3 heterocycles. The lowest BCUT2D eigenvalue weighted by Gasteiger charge is -2.44. The predicted octanol–water partition coefficient (Wildman–Crippen LogP) is -0.247. The van der Waals surface area contributed by atoms with Gasteiger partial charge in [0.2, 0.25) is 6.29 Å². The number of rotatable bonds is 17. The van der Waals surface area contributed by atoms with Crippen LogP contribution in [-0.2, 0) is 33.3 Å². The molecule has 0 amide bonds. The lowest BCUT2D eigenvalue weighted by Crippen LogP contribution is -2.61. The first-order valence-corrected chi connectivity index (χ1v) is 17.9. The van der Waals surface area contributed by atoms with Gasteiger partial charge < -0.3 is 70.3 Å². The number of aliphatic imine (C=N–C) groups is 1. The number of allylic oxidation sites excluding steroid dienone is 1. The van der Waals surface area contributed by atoms with Gasteiger partial charge in [-0.2, -0.15) is 0 Å². The minimum atomic E-state index is -1.48. The Morgan fingerprint density at radius 3 is 2.51 bits per heavy atom. The molecule has 0 radical (unpaired) electrons. The summed E-state index contributed by atoms with van der Waals surface area (Å²) in [7, 11) is 0. The molecule has 17 nitrogen and oxygen atoms in total. The van der Waals surface area contributed by atoms with Crippen LogP contribution in [0.1, 0.15) is 46.0 Å². The normalized spacial score (nSPS) is 30.0. The van der Waals surface area contributed by atoms with E-state index < -0.39 is 73.5 Å². The standard InChI is InChI=1S/C36H54N4O13/c1-4-23-24(11-10-21-16-40(13-15-42)17-25(32(46)47)28(21)39-36(37)38-12-7-14-41)26(33(48)51-22-8-5-6-9-22)19-49-34(23)53-35-31(50-20(2)3)30(45)29(44)27(18-43)52-35/h4,10-11,17,19-20,22-24,27,29-31,34-35,41-45H,1,5-9,12-16,18H2,2-3H3,(H,46,47)(H3,37,38,39). The van der Waals surface area contributed by atoms with Crippen LogP contribution >= 0.6 is 0 Å². The van der Waals surface area contributed by atoms with Crippen LogP contribution in [0.2, 0.25) is 0 Å². The van der Waals surface area contributed by atoms with Crippen LogP contribution < -0.4 is 11.1 Å². The van der Waals surface area contributed by atoms with Crippen molar-refractivity contribution in [1.29, 1.82) is 0 Å². The molecule has 3 aliphatic heterocycles. The van der Waals surface area contributed by atoms with E-state index in [0.29, 0.717) is 12.0 Å². The molecule has 0 aromatic carbocycles. The molecule has 17 heteroatoms. The molecule has 2 fully saturated rings. The number of hydrogen-bond acceptors (Lipinski definition) is 14. The maximum Gasteiger partial charge on any atom is 0.339 e. The highest BCUT2D eigenvalue weighted by atomic mass is 16.8. The summed E-state index contributed by atoms with van der Waals surface area (Å²) in [6.45, 7) is 6.93. The summed E-state index contributed by atoms with van der Waals surface area (Å²) in [6.07, 6.45) is 2.57. The van der Waals surface area contributed by atoms with Crippen molar-refractivity contribution < 1.29 is 63.9 Å². The monoisotopic (exact) mass is 750 g/mol. The summed E-state index contributed by atoms with van der Waals surface area (Å²) >= 11 is 0. The first kappa shape index (κ1) is 41.9. The third-order valence-corrected chi connectivity index (χ3v) is 9.27. The number of nitrogens with one attached hydrogen (secondary N) is 1. The topological polar surface area (TPSA) is 255 Å². The summed E-state index contributed by atoms with van der Waals surface area (Å²) < 4.78 is 29.8. The van der Waals surface area contributed by atoms with Gasteiger partial charge in [0.25, 0.3) is 0 Å². The van der Waals surface area contributed by atoms with Crippen LogP contribution in [0.5, 0.6) is 0 Å². The molecular formula is C36H54N4O13. The SMILES string of the molecule is C=CC1C(OC2OC(CO)C(O)C(O)C2OC(C)C)OC=C(C(=O)OC2CCCC2)C1C=CC1=C(NC(N)=NCCCO)C(C(=O)O)=CN(CCO)C1. The molecule has 0 aromatic rings. The number of hydrogen-bond donors (Lipinski definition) is 8. The second kappa shape index (κ2) is 20.0. The Bertz CT molecular complexity index is 1420. The Labute approximate surface area is 308 Å². The van der Waals surface area contributed by atoms with E-state index in [1.165, 1.54) is 18.5 Å². The van der Waals surface area contributed by atoms with Crippen molar-refractivity contribution in [2.45, 2.75) is 95.2 Å². The maximum atomic E-state index is 13.7. The Morgan fingerprint density at radius 2 is 1.89 bits per heavy atom. The zero-order valence-electron chi connectivity index (χ0n) is 30.2. The highest BCUT2D eigenvalue weighted by Gasteiger charge is 2.49. The Hall–Kier alpha value is -3.81. The van der Waals surface area contributed by atoms with Crippen molar-refractivity contribution in [3.8, 4) is 0 Å². The zero-order valence-corrected chi connectivity index (χ0v) is 30.2. The van der Waals surface area contributed by atoms with Crippen LogP contribution in [0.25, 0.3) is 0 Å². The molecule has 1 saturated carbocycles. The van der Waals surface area contributed by atoms with E-state index >= 15 is 0 Å². The molecule has 296 valence electrons. The van der Waals surface area contributed by atoms with E-state index in [1.54, 1.807) is 30.9 Å². The van der Waals surface area contributed by atoms with Crippen LogP contribution in [0.3, 0.4) is 0 Å². The van der Waals surface area contributed by atoms with E-state index in [2.05, 4.69) is 16.9 Å². The van der Waals surface area contributed by atoms with Crippen molar-refractivity contribution in [2.75, 3.05) is 39.5 Å². The number of carbonyl (C=O) groups is 2. The van der Waals surface area contributed by atoms with Gasteiger partial charge in [0.1, 0.15) is 30.5 Å². The van der Waals surface area contributed by atoms with E-state index in [9.17, 15) is 35.1 Å². The third kappa shape index (κ3) is 10.9. The third-order valence-electron chi connectivity index (χ3n) is 9.27. The quantitative estimate of drug-likeness (QED) is 0.0314. The van der Waals surface area contributed by atoms with Gasteiger partial charge in [-0.3, -0.25) is 4.99 Å². The molecule has 4 rings (SSSR count). The van der Waals surface area contributed by atoms with Crippen molar-refractivity contribution in [3.05, 3.63) is 59.7 Å². The maximum absolute atomic E-state index is 13.7. The largest absolute Gasteiger partial charge is 0.478 e. The minimum absolute atomic E-state index is 0.0783. The van der Waals surface area contributed by atoms with Gasteiger partial charge in [0.15, 0.2) is 12.2 Å². The van der Waals surface area contributed by atoms with Gasteiger partial charge in [-0.15, -0.1) is 6.58 Å². The fourth-order valence-corrected chi connectivity index (χ4v) is 6.60. The highest BCUT2D eigenvalue weighted by molar-refractivity contribution is 5.95. The number of carboxylic acid groups (broad SMARTS) is 1. The van der Waals surface area contributed by atoms with Gasteiger partial charge in [0, 0.05) is 38.4 Å². The van der Waals surface area contributed by atoms with E-state index in [-0.39, 0.29) is 61.8 Å². The van der Waals surface area contributed by atoms with Crippen LogP contribution in [0, 0.1) is 11.8 Å². The molecule has 0 aromatic heterocycles. The van der Waals surface area contributed by atoms with E-state index in [1.807, 2.05) is 0 Å². The minimum Gasteiger partial charge on any atom is -0.478 e. The van der Waals surface area contributed by atoms with Crippen LogP contribution in [-0.4, -0.2) is 142 Å². The number of aliphatic carboxylic acids is 1. The molecule has 1 aliphatic carbocycles. The van der Waals surface area contributed by atoms with Gasteiger partial charge >= 0.3 is 11.9 Å². The number of nitrogens with two attached hydrogens (primary N) is 1. The molecule has 4 aliphatic rings. The Kier molecular flexibility index (Phi) is 15.9. The fourth-order valence-electron chi connectivity index (χ4n) is 6.60. The Morgan fingerprint density at radius 1 is 1.15 bits per heavy atom. The van der Waals surface area contributed by atoms with Gasteiger partial charge in [-0.1, -0.05) is 18.2 Å². The second-order valence-corrected chi connectivity index (χ2v) is 13.5. The molecule has 1 saturated heterocycles. The molecule has 8 atom stereocenters. The zero-order chi connectivity index (χ0) is 38.7. The number of nitrogens with zero attached hydrogens (tertiary/aromatic N) is 2. The molecule has 53 heavy (non-hydrogen) atoms. The Balaban J connectivity index is 1.75. The van der Waals surface area contributed by atoms with E-state index in [0.717, 1.165) is 25.7 Å². The summed E-state index contributed by atoms with van der Waals surface area (Å²) in [5.74, 6) is -3.60. The van der Waals surface area contributed by atoms with Crippen LogP contribution in [0.4, 0.5) is 0 Å². The number of aliphatic hydroxyl groups is 5. The van der Waals surface area contributed by atoms with E-state index in [4.69, 9.17) is 34.5 Å². The smallest absolute Gasteiger partial charge is 0.339 e. The molecule has 8 unspecified atom stereocenters. The van der Waals surface area contributed by atoms with Crippen molar-refractivity contribution in [2.24, 2.45) is 22.6 Å². The van der Waals surface area contributed by atoms with Crippen LogP contribution in [0.15, 0.2) is 64.7 Å². The summed E-state index contributed by atoms with van der Waals surface area (Å²) in [5, 5.41) is 63.2. The van der Waals surface area contributed by atoms with Gasteiger partial charge in [-0.05, 0) is 51.5 Å². The predicted molar refractivity (Wildman–Crippen MR) is 189 cm³/mol. The van der Waals surface area contributed by atoms with Crippen molar-refractivity contribution in [3.63, 3.8) is 0 Å². The number of carboxylic acids is 1. The molecule has 0 bridgehead atoms. The number of aliphatic hydroxyl groups excluding tert-OH is 5. The fraction of sp³-hybridized carbons (Fsp3) is 0.639. The molecule has 0 spiro atoms. The lowest BCUT2D eigenvalue weighted by atomic mass is 9.83. The van der Waals surface area contributed by atoms with Gasteiger partial charge in [0.05, 0.1) is 48.3 Å². The molecule has 9 N–H and O–H groups in total. The summed E-state index contributed by atoms with van der Waals surface area (Å²) in [4.78, 5) is 32.0. The average Bonchev–Trinajstić information content (AvgIpc) is 3.64. The summed E-state index contributed by atoms with van der Waals surface area (Å²) in [5.41, 5.74) is 6.66. The second-order valence-electron chi connectivity index (χ2n) is 13.5. The van der Waals surface area contributed by atoms with Gasteiger partial charge in [-0.25, -0.2) is 9.59 Å². The average molecular weight is 751 g/mol. The number of β-amino-alcohol motifs (C(OH)–C–C–N with tert-alkyl or cyclic N) is 1.